The van der Waals surface area contributed by atoms with Gasteiger partial charge in [0, 0.05) is 48.2 Å². The molecule has 0 spiro atoms. The van der Waals surface area contributed by atoms with Gasteiger partial charge in [-0.15, -0.1) is 0 Å². The van der Waals surface area contributed by atoms with Crippen molar-refractivity contribution in [2.75, 3.05) is 25.0 Å². The normalized spacial score (nSPS) is 21.8. The number of likely N-dealkylation sites (tertiary alicyclic amines) is 1. The average Bonchev–Trinajstić information content (AvgIpc) is 3.51. The summed E-state index contributed by atoms with van der Waals surface area (Å²) in [6.45, 7) is 3.86. The van der Waals surface area contributed by atoms with Crippen LogP contribution >= 0.6 is 0 Å². The van der Waals surface area contributed by atoms with Crippen LogP contribution in [0.2, 0.25) is 0 Å². The summed E-state index contributed by atoms with van der Waals surface area (Å²) in [5.74, 6) is 2.34. The minimum Gasteiger partial charge on any atom is -0.483 e. The Morgan fingerprint density at radius 2 is 1.97 bits per heavy atom. The number of ether oxygens (including phenoxy) is 1. The SMILES string of the molecule is CC1CCN(C(=O)COc2ccccc2C2CC(=O)Nc3n[nH]c(C4CC4)c32)CC1. The number of hydrogen-bond donors (Lipinski definition) is 2. The van der Waals surface area contributed by atoms with Crippen LogP contribution in [0.25, 0.3) is 0 Å². The second-order valence-corrected chi connectivity index (χ2v) is 8.87. The summed E-state index contributed by atoms with van der Waals surface area (Å²) >= 11 is 0. The number of nitrogens with zero attached hydrogens (tertiary/aromatic N) is 2. The molecule has 1 aromatic heterocycles. The van der Waals surface area contributed by atoms with Gasteiger partial charge in [-0.25, -0.2) is 0 Å². The Hall–Kier alpha value is -2.83. The number of amides is 2. The van der Waals surface area contributed by atoms with Crippen molar-refractivity contribution in [3.05, 3.63) is 41.1 Å². The van der Waals surface area contributed by atoms with Gasteiger partial charge in [0.15, 0.2) is 12.4 Å². The van der Waals surface area contributed by atoms with Crippen LogP contribution in [0.15, 0.2) is 24.3 Å². The molecule has 0 radical (unpaired) electrons. The number of anilines is 1. The molecule has 1 aromatic carbocycles. The molecule has 158 valence electrons. The summed E-state index contributed by atoms with van der Waals surface area (Å²) in [5, 5.41) is 10.4. The van der Waals surface area contributed by atoms with Crippen molar-refractivity contribution in [2.24, 2.45) is 5.92 Å². The zero-order valence-corrected chi connectivity index (χ0v) is 17.3. The maximum absolute atomic E-state index is 12.6. The van der Waals surface area contributed by atoms with Crippen molar-refractivity contribution in [1.82, 2.24) is 15.1 Å². The minimum atomic E-state index is -0.120. The fraction of sp³-hybridized carbons (Fsp3) is 0.522. The number of rotatable bonds is 5. The fourth-order valence-electron chi connectivity index (χ4n) is 4.62. The minimum absolute atomic E-state index is 0.0258. The summed E-state index contributed by atoms with van der Waals surface area (Å²) in [5.41, 5.74) is 3.14. The molecule has 2 amide bonds. The standard InChI is InChI=1S/C23H28N4O3/c1-14-8-10-27(11-9-14)20(29)13-30-18-5-3-2-4-16(18)17-12-19(28)24-23-21(17)22(25-26-23)15-6-7-15/h2-5,14-15,17H,6-13H2,1H3,(H2,24,25,26,28). The molecule has 30 heavy (non-hydrogen) atoms. The molecule has 5 rings (SSSR count). The molecule has 1 aliphatic carbocycles. The Balaban J connectivity index is 1.37. The average molecular weight is 409 g/mol. The second-order valence-electron chi connectivity index (χ2n) is 8.87. The lowest BCUT2D eigenvalue weighted by Crippen LogP contribution is -2.40. The topological polar surface area (TPSA) is 87.3 Å². The zero-order chi connectivity index (χ0) is 20.7. The number of aromatic amines is 1. The third-order valence-electron chi connectivity index (χ3n) is 6.60. The number of nitrogens with one attached hydrogen (secondary N) is 2. The largest absolute Gasteiger partial charge is 0.483 e. The molecule has 1 atom stereocenters. The number of carbonyl (C=O) groups is 2. The van der Waals surface area contributed by atoms with Crippen LogP contribution in [0, 0.1) is 5.92 Å². The summed E-state index contributed by atoms with van der Waals surface area (Å²) in [4.78, 5) is 26.9. The van der Waals surface area contributed by atoms with Crippen LogP contribution in [0.1, 0.15) is 67.7 Å². The van der Waals surface area contributed by atoms with Gasteiger partial charge in [-0.3, -0.25) is 14.7 Å². The van der Waals surface area contributed by atoms with Crippen molar-refractivity contribution in [3.8, 4) is 5.75 Å². The molecule has 0 bridgehead atoms. The summed E-state index contributed by atoms with van der Waals surface area (Å²) in [6, 6.07) is 7.76. The maximum atomic E-state index is 12.6. The van der Waals surface area contributed by atoms with E-state index in [4.69, 9.17) is 4.74 Å². The zero-order valence-electron chi connectivity index (χ0n) is 17.3. The predicted octanol–water partition coefficient (Wildman–Crippen LogP) is 3.40. The molecular formula is C23H28N4O3. The van der Waals surface area contributed by atoms with Gasteiger partial charge in [0.1, 0.15) is 5.75 Å². The smallest absolute Gasteiger partial charge is 0.260 e. The third-order valence-corrected chi connectivity index (χ3v) is 6.60. The first-order valence-electron chi connectivity index (χ1n) is 11.0. The Bertz CT molecular complexity index is 957. The van der Waals surface area contributed by atoms with Gasteiger partial charge in [-0.05, 0) is 37.7 Å². The first-order valence-corrected chi connectivity index (χ1v) is 11.0. The lowest BCUT2D eigenvalue weighted by Gasteiger charge is -2.30. The number of carbonyl (C=O) groups excluding carboxylic acids is 2. The first kappa shape index (κ1) is 19.2. The lowest BCUT2D eigenvalue weighted by atomic mass is 9.84. The molecule has 7 heteroatoms. The molecule has 7 nitrogen and oxygen atoms in total. The number of fused-ring (bicyclic) bond motifs is 1. The number of hydrogen-bond acceptors (Lipinski definition) is 4. The monoisotopic (exact) mass is 408 g/mol. The van der Waals surface area contributed by atoms with Crippen molar-refractivity contribution in [3.63, 3.8) is 0 Å². The van der Waals surface area contributed by atoms with Gasteiger partial charge in [0.2, 0.25) is 5.91 Å². The van der Waals surface area contributed by atoms with E-state index in [1.807, 2.05) is 29.2 Å². The van der Waals surface area contributed by atoms with Crippen LogP contribution in [-0.4, -0.2) is 46.6 Å². The molecule has 1 saturated carbocycles. The summed E-state index contributed by atoms with van der Waals surface area (Å²) in [7, 11) is 0. The van der Waals surface area contributed by atoms with Gasteiger partial charge in [0.05, 0.1) is 0 Å². The molecule has 3 heterocycles. The fourth-order valence-corrected chi connectivity index (χ4v) is 4.62. The molecular weight excluding hydrogens is 380 g/mol. The van der Waals surface area contributed by atoms with Crippen LogP contribution < -0.4 is 10.1 Å². The number of piperidine rings is 1. The first-order chi connectivity index (χ1) is 14.6. The van der Waals surface area contributed by atoms with Crippen molar-refractivity contribution < 1.29 is 14.3 Å². The Labute approximate surface area is 176 Å². The van der Waals surface area contributed by atoms with Crippen LogP contribution in [0.4, 0.5) is 5.82 Å². The number of H-pyrrole nitrogens is 1. The quantitative estimate of drug-likeness (QED) is 0.794. The highest BCUT2D eigenvalue weighted by atomic mass is 16.5. The van der Waals surface area contributed by atoms with Crippen LogP contribution in [0.3, 0.4) is 0 Å². The number of benzene rings is 1. The van der Waals surface area contributed by atoms with E-state index in [-0.39, 0.29) is 24.3 Å². The van der Waals surface area contributed by atoms with E-state index >= 15 is 0 Å². The van der Waals surface area contributed by atoms with Gasteiger partial charge in [0.25, 0.3) is 5.91 Å². The Morgan fingerprint density at radius 1 is 1.20 bits per heavy atom. The maximum Gasteiger partial charge on any atom is 0.260 e. The van der Waals surface area contributed by atoms with Crippen molar-refractivity contribution in [1.29, 1.82) is 0 Å². The van der Waals surface area contributed by atoms with Crippen LogP contribution in [-0.2, 0) is 9.59 Å². The van der Waals surface area contributed by atoms with Gasteiger partial charge in [-0.2, -0.15) is 5.10 Å². The molecule has 2 fully saturated rings. The van der Waals surface area contributed by atoms with Gasteiger partial charge < -0.3 is 15.0 Å². The van der Waals surface area contributed by atoms with Crippen molar-refractivity contribution >= 4 is 17.6 Å². The molecule has 2 aliphatic heterocycles. The van der Waals surface area contributed by atoms with E-state index in [1.54, 1.807) is 0 Å². The highest BCUT2D eigenvalue weighted by Gasteiger charge is 2.38. The molecule has 2 aromatic rings. The molecule has 2 N–H and O–H groups in total. The molecule has 1 unspecified atom stereocenters. The second kappa shape index (κ2) is 7.78. The summed E-state index contributed by atoms with van der Waals surface area (Å²) < 4.78 is 6.02. The van der Waals surface area contributed by atoms with E-state index in [1.165, 1.54) is 0 Å². The Kier molecular flexibility index (Phi) is 4.97. The highest BCUT2D eigenvalue weighted by molar-refractivity contribution is 5.94. The van der Waals surface area contributed by atoms with E-state index in [9.17, 15) is 9.59 Å². The van der Waals surface area contributed by atoms with E-state index in [2.05, 4.69) is 22.4 Å². The van der Waals surface area contributed by atoms with E-state index in [0.29, 0.717) is 29.8 Å². The van der Waals surface area contributed by atoms with E-state index in [0.717, 1.165) is 55.6 Å². The predicted molar refractivity (Wildman–Crippen MR) is 113 cm³/mol. The highest BCUT2D eigenvalue weighted by Crippen LogP contribution is 2.48. The van der Waals surface area contributed by atoms with Crippen LogP contribution in [0.5, 0.6) is 5.75 Å². The third kappa shape index (κ3) is 3.68. The van der Waals surface area contributed by atoms with Crippen molar-refractivity contribution in [2.45, 2.75) is 50.9 Å². The van der Waals surface area contributed by atoms with Gasteiger partial charge >= 0.3 is 0 Å². The summed E-state index contributed by atoms with van der Waals surface area (Å²) in [6.07, 6.45) is 4.75. The molecule has 1 saturated heterocycles. The molecule has 3 aliphatic rings. The number of para-hydroxylation sites is 1. The van der Waals surface area contributed by atoms with Gasteiger partial charge in [-0.1, -0.05) is 25.1 Å². The van der Waals surface area contributed by atoms with E-state index < -0.39 is 0 Å². The number of aromatic nitrogens is 2. The lowest BCUT2D eigenvalue weighted by molar-refractivity contribution is -0.134. The Morgan fingerprint density at radius 3 is 2.73 bits per heavy atom.